The second-order valence-corrected chi connectivity index (χ2v) is 19.3. The normalized spacial score (nSPS) is 14.0. The fourth-order valence-corrected chi connectivity index (χ4v) is 8.78. The quantitative estimate of drug-likeness (QED) is 0.0309. The monoisotopic (exact) mass is 876 g/mol. The van der Waals surface area contributed by atoms with Crippen molar-refractivity contribution in [1.82, 2.24) is 5.32 Å². The third kappa shape index (κ3) is 44.0. The van der Waals surface area contributed by atoms with E-state index in [1.54, 1.807) is 0 Å². The largest absolute Gasteiger partial charge is 0.394 e. The molecule has 0 aromatic rings. The fraction of sp³-hybridized carbons (Fsp3) is 0.911. The van der Waals surface area contributed by atoms with Crippen molar-refractivity contribution in [2.24, 2.45) is 0 Å². The molecular formula is C56H109NO5. The molecule has 6 nitrogen and oxygen atoms in total. The van der Waals surface area contributed by atoms with Crippen LogP contribution in [-0.4, -0.2) is 57.3 Å². The maximum atomic E-state index is 12.5. The first-order valence-electron chi connectivity index (χ1n) is 27.7. The molecule has 0 heterocycles. The van der Waals surface area contributed by atoms with Crippen molar-refractivity contribution in [2.45, 2.75) is 321 Å². The number of aliphatic hydroxyl groups is 4. The molecule has 0 fully saturated rings. The second kappa shape index (κ2) is 50.8. The molecule has 0 saturated carbocycles. The number of rotatable bonds is 51. The number of amides is 1. The third-order valence-electron chi connectivity index (χ3n) is 13.1. The first-order chi connectivity index (χ1) is 30.5. The van der Waals surface area contributed by atoms with Crippen LogP contribution in [0.5, 0.6) is 0 Å². The number of allylic oxidation sites excluding steroid dienone is 4. The maximum absolute atomic E-state index is 12.5. The lowest BCUT2D eigenvalue weighted by atomic mass is 10.00. The smallest absolute Gasteiger partial charge is 0.249 e. The Morgan fingerprint density at radius 1 is 0.387 bits per heavy atom. The summed E-state index contributed by atoms with van der Waals surface area (Å²) in [6.45, 7) is 4.06. The molecule has 368 valence electrons. The summed E-state index contributed by atoms with van der Waals surface area (Å²) < 4.78 is 0. The van der Waals surface area contributed by atoms with Gasteiger partial charge in [-0.3, -0.25) is 4.79 Å². The Kier molecular flexibility index (Phi) is 49.8. The van der Waals surface area contributed by atoms with Crippen LogP contribution in [0.3, 0.4) is 0 Å². The van der Waals surface area contributed by atoms with Gasteiger partial charge in [0.1, 0.15) is 12.2 Å². The minimum Gasteiger partial charge on any atom is -0.394 e. The van der Waals surface area contributed by atoms with Gasteiger partial charge in [0, 0.05) is 0 Å². The molecule has 0 radical (unpaired) electrons. The van der Waals surface area contributed by atoms with Gasteiger partial charge < -0.3 is 25.7 Å². The summed E-state index contributed by atoms with van der Waals surface area (Å²) in [7, 11) is 0. The zero-order chi connectivity index (χ0) is 45.2. The minimum atomic E-state index is -1.29. The number of carbonyl (C=O) groups excluding carboxylic acids is 1. The lowest BCUT2D eigenvalue weighted by Gasteiger charge is -2.27. The van der Waals surface area contributed by atoms with E-state index >= 15 is 0 Å². The molecule has 1 amide bonds. The summed E-state index contributed by atoms with van der Waals surface area (Å²) in [5.74, 6) is -0.594. The highest BCUT2D eigenvalue weighted by molar-refractivity contribution is 5.80. The highest BCUT2D eigenvalue weighted by Crippen LogP contribution is 2.18. The van der Waals surface area contributed by atoms with Crippen molar-refractivity contribution < 1.29 is 25.2 Å². The van der Waals surface area contributed by atoms with Crippen molar-refractivity contribution in [3.8, 4) is 0 Å². The molecule has 4 atom stereocenters. The number of hydrogen-bond donors (Lipinski definition) is 5. The molecular weight excluding hydrogens is 767 g/mol. The van der Waals surface area contributed by atoms with E-state index in [0.29, 0.717) is 19.3 Å². The summed E-state index contributed by atoms with van der Waals surface area (Å²) >= 11 is 0. The van der Waals surface area contributed by atoms with E-state index in [1.807, 2.05) is 0 Å². The average molecular weight is 876 g/mol. The van der Waals surface area contributed by atoms with Gasteiger partial charge in [-0.2, -0.15) is 0 Å². The molecule has 4 unspecified atom stereocenters. The van der Waals surface area contributed by atoms with Gasteiger partial charge in [-0.25, -0.2) is 0 Å². The van der Waals surface area contributed by atoms with E-state index in [2.05, 4.69) is 43.5 Å². The average Bonchev–Trinajstić information content (AvgIpc) is 3.28. The Balaban J connectivity index is 3.64. The van der Waals surface area contributed by atoms with E-state index in [-0.39, 0.29) is 0 Å². The second-order valence-electron chi connectivity index (χ2n) is 19.3. The van der Waals surface area contributed by atoms with Gasteiger partial charge in [-0.05, 0) is 51.4 Å². The van der Waals surface area contributed by atoms with E-state index in [4.69, 9.17) is 0 Å². The van der Waals surface area contributed by atoms with Crippen LogP contribution in [0, 0.1) is 0 Å². The van der Waals surface area contributed by atoms with E-state index in [0.717, 1.165) is 38.5 Å². The highest BCUT2D eigenvalue weighted by Gasteiger charge is 2.28. The van der Waals surface area contributed by atoms with Crippen molar-refractivity contribution in [2.75, 3.05) is 6.61 Å². The molecule has 62 heavy (non-hydrogen) atoms. The van der Waals surface area contributed by atoms with Crippen LogP contribution in [-0.2, 0) is 4.79 Å². The molecule has 0 bridgehead atoms. The number of aliphatic hydroxyl groups excluding tert-OH is 4. The summed E-state index contributed by atoms with van der Waals surface area (Å²) in [5, 5.41) is 43.8. The molecule has 0 aliphatic rings. The molecule has 0 aromatic heterocycles. The van der Waals surface area contributed by atoms with Gasteiger partial charge in [-0.15, -0.1) is 0 Å². The van der Waals surface area contributed by atoms with Crippen LogP contribution in [0.2, 0.25) is 0 Å². The lowest BCUT2D eigenvalue weighted by molar-refractivity contribution is -0.132. The predicted octanol–water partition coefficient (Wildman–Crippen LogP) is 15.9. The van der Waals surface area contributed by atoms with Crippen LogP contribution in [0.25, 0.3) is 0 Å². The zero-order valence-corrected chi connectivity index (χ0v) is 41.6. The number of hydrogen-bond acceptors (Lipinski definition) is 5. The van der Waals surface area contributed by atoms with Crippen molar-refractivity contribution in [3.63, 3.8) is 0 Å². The van der Waals surface area contributed by atoms with Gasteiger partial charge in [0.25, 0.3) is 0 Å². The molecule has 0 rings (SSSR count). The Morgan fingerprint density at radius 2 is 0.677 bits per heavy atom. The molecule has 5 N–H and O–H groups in total. The Bertz CT molecular complexity index is 939. The standard InChI is InChI=1S/C56H109NO5/c1-3-5-7-9-11-13-15-17-19-20-21-22-23-24-25-26-27-28-29-30-31-32-33-34-36-37-39-41-43-45-47-49-53(59)55(61)52(51-58)57-56(62)54(60)50-48-46-44-42-40-38-35-18-16-14-12-10-8-6-4-2/h34,36,41,43,52-55,58-61H,3-33,35,37-40,42,44-51H2,1-2H3,(H,57,62)/b36-34+,43-41+. The first kappa shape index (κ1) is 60.8. The lowest BCUT2D eigenvalue weighted by Crippen LogP contribution is -2.53. The fourth-order valence-electron chi connectivity index (χ4n) is 8.78. The van der Waals surface area contributed by atoms with E-state index in [9.17, 15) is 25.2 Å². The zero-order valence-electron chi connectivity index (χ0n) is 41.6. The van der Waals surface area contributed by atoms with Crippen LogP contribution in [0.1, 0.15) is 296 Å². The van der Waals surface area contributed by atoms with Gasteiger partial charge in [0.05, 0.1) is 18.8 Å². The Hall–Kier alpha value is -1.21. The van der Waals surface area contributed by atoms with Gasteiger partial charge in [-0.1, -0.05) is 269 Å². The van der Waals surface area contributed by atoms with Gasteiger partial charge >= 0.3 is 0 Å². The summed E-state index contributed by atoms with van der Waals surface area (Å²) in [4.78, 5) is 12.5. The third-order valence-corrected chi connectivity index (χ3v) is 13.1. The molecule has 0 spiro atoms. The topological polar surface area (TPSA) is 110 Å². The summed E-state index contributed by atoms with van der Waals surface area (Å²) in [6.07, 6.45) is 61.2. The van der Waals surface area contributed by atoms with E-state index in [1.165, 1.54) is 225 Å². The van der Waals surface area contributed by atoms with Crippen molar-refractivity contribution in [1.29, 1.82) is 0 Å². The SMILES string of the molecule is CCCCCCCCCCCCCCCCCCCCCCCC/C=C/CC/C=C/CCCC(O)C(O)C(CO)NC(=O)C(O)CCCCCCCCCCCCCCCCC. The Morgan fingerprint density at radius 3 is 1.02 bits per heavy atom. The van der Waals surface area contributed by atoms with Crippen molar-refractivity contribution in [3.05, 3.63) is 24.3 Å². The van der Waals surface area contributed by atoms with Crippen LogP contribution in [0.4, 0.5) is 0 Å². The van der Waals surface area contributed by atoms with Crippen molar-refractivity contribution >= 4 is 5.91 Å². The molecule has 0 aliphatic heterocycles. The highest BCUT2D eigenvalue weighted by atomic mass is 16.3. The van der Waals surface area contributed by atoms with Crippen LogP contribution >= 0.6 is 0 Å². The summed E-state index contributed by atoms with van der Waals surface area (Å²) in [6, 6.07) is -1.01. The first-order valence-corrected chi connectivity index (χ1v) is 27.7. The van der Waals surface area contributed by atoms with Crippen LogP contribution < -0.4 is 5.32 Å². The predicted molar refractivity (Wildman–Crippen MR) is 270 cm³/mol. The molecule has 0 aliphatic carbocycles. The maximum Gasteiger partial charge on any atom is 0.249 e. The molecule has 6 heteroatoms. The molecule has 0 aromatic carbocycles. The number of carbonyl (C=O) groups is 1. The van der Waals surface area contributed by atoms with Gasteiger partial charge in [0.2, 0.25) is 5.91 Å². The summed E-state index contributed by atoms with van der Waals surface area (Å²) in [5.41, 5.74) is 0. The van der Waals surface area contributed by atoms with Gasteiger partial charge in [0.15, 0.2) is 0 Å². The molecule has 0 saturated heterocycles. The number of nitrogens with one attached hydrogen (secondary N) is 1. The minimum absolute atomic E-state index is 0.364. The Labute approximate surface area is 386 Å². The van der Waals surface area contributed by atoms with E-state index < -0.39 is 36.9 Å². The van der Waals surface area contributed by atoms with Crippen LogP contribution in [0.15, 0.2) is 24.3 Å². The number of unbranched alkanes of at least 4 members (excludes halogenated alkanes) is 38.